The molecule has 3 heterocycles. The highest BCUT2D eigenvalue weighted by Gasteiger charge is 2.31. The third-order valence-corrected chi connectivity index (χ3v) is 4.94. The first-order valence-corrected chi connectivity index (χ1v) is 9.52. The van der Waals surface area contributed by atoms with Crippen LogP contribution in [-0.2, 0) is 17.3 Å². The Morgan fingerprint density at radius 2 is 1.90 bits per heavy atom. The molecule has 0 aliphatic carbocycles. The highest BCUT2D eigenvalue weighted by atomic mass is 35.5. The monoisotopic (exact) mass is 445 g/mol. The summed E-state index contributed by atoms with van der Waals surface area (Å²) in [5, 5.41) is 4.92. The Labute approximate surface area is 180 Å². The number of pyridine rings is 2. The largest absolute Gasteiger partial charge is 0.464 e. The van der Waals surface area contributed by atoms with Crippen molar-refractivity contribution in [2.24, 2.45) is 0 Å². The molecule has 0 fully saturated rings. The van der Waals surface area contributed by atoms with Gasteiger partial charge in [-0.3, -0.25) is 0 Å². The predicted molar refractivity (Wildman–Crippen MR) is 109 cm³/mol. The van der Waals surface area contributed by atoms with Gasteiger partial charge in [-0.05, 0) is 36.4 Å². The number of nitrogens with zero attached hydrogens (tertiary/aromatic N) is 3. The molecule has 9 heteroatoms. The van der Waals surface area contributed by atoms with Crippen molar-refractivity contribution < 1.29 is 22.7 Å². The zero-order valence-electron chi connectivity index (χ0n) is 16.2. The second kappa shape index (κ2) is 8.03. The molecular weight excluding hydrogens is 431 g/mol. The lowest BCUT2D eigenvalue weighted by molar-refractivity contribution is -0.137. The summed E-state index contributed by atoms with van der Waals surface area (Å²) in [4.78, 5) is 16.1. The number of carbonyl (C=O) groups excluding carboxylic acids is 1. The number of aromatic nitrogens is 3. The van der Waals surface area contributed by atoms with Gasteiger partial charge in [0.15, 0.2) is 0 Å². The molecule has 5 nitrogen and oxygen atoms in total. The van der Waals surface area contributed by atoms with Gasteiger partial charge in [0, 0.05) is 29.4 Å². The molecule has 158 valence electrons. The number of esters is 1. The summed E-state index contributed by atoms with van der Waals surface area (Å²) in [6.07, 6.45) is -2.66. The van der Waals surface area contributed by atoms with Crippen LogP contribution in [0.4, 0.5) is 13.2 Å². The number of fused-ring (bicyclic) bond motifs is 1. The molecule has 0 spiro atoms. The van der Waals surface area contributed by atoms with Crippen molar-refractivity contribution in [1.82, 2.24) is 14.6 Å². The molecule has 1 aromatic carbocycles. The van der Waals surface area contributed by atoms with Crippen LogP contribution in [0.25, 0.3) is 16.8 Å². The minimum Gasteiger partial charge on any atom is -0.464 e. The van der Waals surface area contributed by atoms with Crippen LogP contribution in [0.15, 0.2) is 60.8 Å². The minimum atomic E-state index is -4.48. The highest BCUT2D eigenvalue weighted by molar-refractivity contribution is 6.30. The number of methoxy groups -OCH3 is 1. The second-order valence-corrected chi connectivity index (χ2v) is 7.20. The van der Waals surface area contributed by atoms with Gasteiger partial charge < -0.3 is 4.74 Å². The minimum absolute atomic E-state index is 0.139. The molecule has 31 heavy (non-hydrogen) atoms. The van der Waals surface area contributed by atoms with E-state index in [2.05, 4.69) is 10.1 Å². The number of rotatable bonds is 4. The molecular formula is C22H15ClF3N3O2. The molecule has 0 unspecified atom stereocenters. The first-order chi connectivity index (χ1) is 14.8. The summed E-state index contributed by atoms with van der Waals surface area (Å²) in [6, 6.07) is 13.3. The van der Waals surface area contributed by atoms with Crippen LogP contribution in [-0.4, -0.2) is 27.7 Å². The lowest BCUT2D eigenvalue weighted by Crippen LogP contribution is -2.06. The van der Waals surface area contributed by atoms with Gasteiger partial charge in [0.1, 0.15) is 5.69 Å². The van der Waals surface area contributed by atoms with E-state index < -0.39 is 17.7 Å². The number of carbonyl (C=O) groups is 1. The SMILES string of the molecule is COC(=O)c1cccc(Cc2c(-c3cccc(C(F)(F)F)c3)nn3cc(Cl)ccc23)n1. The maximum atomic E-state index is 13.2. The molecule has 0 aliphatic rings. The van der Waals surface area contributed by atoms with E-state index in [9.17, 15) is 18.0 Å². The van der Waals surface area contributed by atoms with Crippen LogP contribution < -0.4 is 0 Å². The summed E-state index contributed by atoms with van der Waals surface area (Å²) in [6.45, 7) is 0. The summed E-state index contributed by atoms with van der Waals surface area (Å²) >= 11 is 6.07. The van der Waals surface area contributed by atoms with Gasteiger partial charge in [0.2, 0.25) is 0 Å². The standard InChI is InChI=1S/C22H15ClF3N3O2/c1-31-21(30)18-7-3-6-16(27-18)11-17-19-9-8-15(23)12-29(19)28-20(17)13-4-2-5-14(10-13)22(24,25)26/h2-10,12H,11H2,1H3. The Morgan fingerprint density at radius 1 is 1.13 bits per heavy atom. The molecule has 0 aliphatic heterocycles. The molecule has 0 amide bonds. The zero-order chi connectivity index (χ0) is 22.2. The zero-order valence-corrected chi connectivity index (χ0v) is 16.9. The van der Waals surface area contributed by atoms with Gasteiger partial charge in [-0.1, -0.05) is 29.8 Å². The van der Waals surface area contributed by atoms with Crippen LogP contribution >= 0.6 is 11.6 Å². The Hall–Kier alpha value is -3.39. The number of ether oxygens (including phenoxy) is 1. The summed E-state index contributed by atoms with van der Waals surface area (Å²) in [5.41, 5.74) is 1.93. The van der Waals surface area contributed by atoms with E-state index in [0.717, 1.165) is 12.1 Å². The lowest BCUT2D eigenvalue weighted by Gasteiger charge is -2.09. The fraction of sp³-hybridized carbons (Fsp3) is 0.136. The quantitative estimate of drug-likeness (QED) is 0.392. The van der Waals surface area contributed by atoms with Crippen LogP contribution in [0.1, 0.15) is 27.3 Å². The first kappa shape index (κ1) is 20.9. The summed E-state index contributed by atoms with van der Waals surface area (Å²) < 4.78 is 46.0. The van der Waals surface area contributed by atoms with E-state index in [4.69, 9.17) is 16.3 Å². The van der Waals surface area contributed by atoms with Gasteiger partial charge in [-0.25, -0.2) is 14.3 Å². The van der Waals surface area contributed by atoms with E-state index in [1.807, 2.05) is 0 Å². The van der Waals surface area contributed by atoms with Crippen molar-refractivity contribution in [1.29, 1.82) is 0 Å². The molecule has 4 aromatic rings. The highest BCUT2D eigenvalue weighted by Crippen LogP contribution is 2.34. The first-order valence-electron chi connectivity index (χ1n) is 9.15. The van der Waals surface area contributed by atoms with Crippen LogP contribution in [0, 0.1) is 0 Å². The maximum absolute atomic E-state index is 13.2. The van der Waals surface area contributed by atoms with Gasteiger partial charge in [-0.15, -0.1) is 0 Å². The molecule has 4 rings (SSSR count). The van der Waals surface area contributed by atoms with Gasteiger partial charge in [0.05, 0.1) is 28.9 Å². The van der Waals surface area contributed by atoms with E-state index in [1.54, 1.807) is 36.5 Å². The third-order valence-electron chi connectivity index (χ3n) is 4.72. The number of hydrogen-bond acceptors (Lipinski definition) is 4. The number of hydrogen-bond donors (Lipinski definition) is 0. The molecule has 0 radical (unpaired) electrons. The molecule has 3 aromatic heterocycles. The Kier molecular flexibility index (Phi) is 5.41. The van der Waals surface area contributed by atoms with Gasteiger partial charge in [0.25, 0.3) is 0 Å². The Bertz CT molecular complexity index is 1280. The van der Waals surface area contributed by atoms with E-state index in [-0.39, 0.29) is 12.1 Å². The maximum Gasteiger partial charge on any atom is 0.416 e. The van der Waals surface area contributed by atoms with Gasteiger partial charge in [-0.2, -0.15) is 18.3 Å². The molecule has 0 N–H and O–H groups in total. The molecule has 0 saturated heterocycles. The van der Waals surface area contributed by atoms with Crippen molar-refractivity contribution in [2.45, 2.75) is 12.6 Å². The lowest BCUT2D eigenvalue weighted by atomic mass is 10.0. The van der Waals surface area contributed by atoms with Crippen LogP contribution in [0.5, 0.6) is 0 Å². The molecule has 0 saturated carbocycles. The normalized spacial score (nSPS) is 11.6. The average molecular weight is 446 g/mol. The topological polar surface area (TPSA) is 56.5 Å². The van der Waals surface area contributed by atoms with Gasteiger partial charge >= 0.3 is 12.1 Å². The van der Waals surface area contributed by atoms with Crippen molar-refractivity contribution in [2.75, 3.05) is 7.11 Å². The van der Waals surface area contributed by atoms with Crippen molar-refractivity contribution in [3.05, 3.63) is 88.3 Å². The number of benzene rings is 1. The Morgan fingerprint density at radius 3 is 2.65 bits per heavy atom. The van der Waals surface area contributed by atoms with E-state index in [0.29, 0.717) is 33.1 Å². The predicted octanol–water partition coefficient (Wildman–Crippen LogP) is 5.45. The second-order valence-electron chi connectivity index (χ2n) is 6.77. The van der Waals surface area contributed by atoms with E-state index in [1.165, 1.54) is 23.8 Å². The van der Waals surface area contributed by atoms with Crippen molar-refractivity contribution in [3.8, 4) is 11.3 Å². The van der Waals surface area contributed by atoms with Crippen molar-refractivity contribution in [3.63, 3.8) is 0 Å². The van der Waals surface area contributed by atoms with Crippen molar-refractivity contribution >= 4 is 23.1 Å². The third kappa shape index (κ3) is 4.25. The van der Waals surface area contributed by atoms with Crippen LogP contribution in [0.2, 0.25) is 5.02 Å². The average Bonchev–Trinajstić information content (AvgIpc) is 3.10. The summed E-state index contributed by atoms with van der Waals surface area (Å²) in [7, 11) is 1.26. The smallest absolute Gasteiger partial charge is 0.416 e. The van der Waals surface area contributed by atoms with Crippen LogP contribution in [0.3, 0.4) is 0 Å². The molecule has 0 atom stereocenters. The summed E-state index contributed by atoms with van der Waals surface area (Å²) in [5.74, 6) is -0.577. The number of halogens is 4. The van der Waals surface area contributed by atoms with E-state index >= 15 is 0 Å². The fourth-order valence-electron chi connectivity index (χ4n) is 3.30. The molecule has 0 bridgehead atoms. The fourth-order valence-corrected chi connectivity index (χ4v) is 3.46. The Balaban J connectivity index is 1.86. The number of alkyl halides is 3.